The van der Waals surface area contributed by atoms with E-state index >= 15 is 0 Å². The second kappa shape index (κ2) is 10.4. The fourth-order valence-electron chi connectivity index (χ4n) is 2.96. The minimum Gasteiger partial charge on any atom is -0.484 e. The molecule has 9 nitrogen and oxygen atoms in total. The first kappa shape index (κ1) is 20.5. The summed E-state index contributed by atoms with van der Waals surface area (Å²) in [4.78, 5) is 14.8. The van der Waals surface area contributed by atoms with Gasteiger partial charge in [0.25, 0.3) is 5.89 Å². The first-order valence-electron chi connectivity index (χ1n) is 9.64. The van der Waals surface area contributed by atoms with Gasteiger partial charge in [-0.25, -0.2) is 10.0 Å². The molecule has 0 saturated heterocycles. The van der Waals surface area contributed by atoms with E-state index in [1.165, 1.54) is 0 Å². The second-order valence-electron chi connectivity index (χ2n) is 6.71. The Balaban J connectivity index is 1.58. The molecule has 29 heavy (non-hydrogen) atoms. The normalized spacial score (nSPS) is 11.9. The number of nitrogens with zero attached hydrogens (tertiary/aromatic N) is 5. The predicted molar refractivity (Wildman–Crippen MR) is 104 cm³/mol. The highest BCUT2D eigenvalue weighted by atomic mass is 16.5. The molecule has 9 heteroatoms. The van der Waals surface area contributed by atoms with Crippen LogP contribution in [-0.4, -0.2) is 43.0 Å². The fraction of sp³-hybridized carbons (Fsp3) is 0.400. The Morgan fingerprint density at radius 2 is 2.10 bits per heavy atom. The third-order valence-electron chi connectivity index (χ3n) is 4.52. The molecule has 0 radical (unpaired) electrons. The molecule has 0 bridgehead atoms. The number of benzene rings is 1. The van der Waals surface area contributed by atoms with Crippen molar-refractivity contribution in [1.82, 2.24) is 24.8 Å². The van der Waals surface area contributed by atoms with Crippen molar-refractivity contribution < 1.29 is 19.2 Å². The maximum absolute atomic E-state index is 10.7. The van der Waals surface area contributed by atoms with Crippen molar-refractivity contribution in [3.63, 3.8) is 0 Å². The molecule has 1 atom stereocenters. The standard InChI is InChI=1S/C20H25N5O4/c1-2-3-4-5-16(12-25(27)15-26)20-23-22-19(29-20)13-28-18-8-6-17(7-9-18)24-11-10-21-14-24/h6-11,14-16,27H,2-5,12-13H2,1H3/t16-/m1/s1. The van der Waals surface area contributed by atoms with Gasteiger partial charge in [0.1, 0.15) is 5.75 Å². The molecule has 2 heterocycles. The highest BCUT2D eigenvalue weighted by Gasteiger charge is 2.21. The maximum Gasteiger partial charge on any atom is 0.253 e. The average molecular weight is 399 g/mol. The lowest BCUT2D eigenvalue weighted by Crippen LogP contribution is -2.24. The van der Waals surface area contributed by atoms with Crippen LogP contribution in [0.1, 0.15) is 50.3 Å². The van der Waals surface area contributed by atoms with Crippen LogP contribution in [-0.2, 0) is 11.4 Å². The van der Waals surface area contributed by atoms with E-state index in [0.29, 0.717) is 29.0 Å². The zero-order valence-electron chi connectivity index (χ0n) is 16.3. The van der Waals surface area contributed by atoms with E-state index in [9.17, 15) is 10.0 Å². The van der Waals surface area contributed by atoms with Crippen LogP contribution >= 0.6 is 0 Å². The third-order valence-corrected chi connectivity index (χ3v) is 4.52. The van der Waals surface area contributed by atoms with Crippen LogP contribution in [0, 0.1) is 0 Å². The molecule has 1 aromatic carbocycles. The summed E-state index contributed by atoms with van der Waals surface area (Å²) in [7, 11) is 0. The van der Waals surface area contributed by atoms with Crippen molar-refractivity contribution in [3.05, 3.63) is 54.8 Å². The molecule has 0 aliphatic rings. The molecular weight excluding hydrogens is 374 g/mol. The SMILES string of the molecule is CCCCC[C@H](CN(O)C=O)c1nnc(COc2ccc(-n3ccnc3)cc2)o1. The molecule has 1 N–H and O–H groups in total. The quantitative estimate of drug-likeness (QED) is 0.215. The van der Waals surface area contributed by atoms with Gasteiger partial charge in [-0.05, 0) is 30.7 Å². The van der Waals surface area contributed by atoms with Crippen LogP contribution in [0.4, 0.5) is 0 Å². The van der Waals surface area contributed by atoms with E-state index in [4.69, 9.17) is 9.15 Å². The molecular formula is C20H25N5O4. The molecule has 1 amide bonds. The second-order valence-corrected chi connectivity index (χ2v) is 6.71. The molecule has 0 saturated carbocycles. The maximum atomic E-state index is 10.7. The van der Waals surface area contributed by atoms with Gasteiger partial charge in [-0.3, -0.25) is 10.0 Å². The summed E-state index contributed by atoms with van der Waals surface area (Å²) in [5, 5.41) is 18.3. The number of amides is 1. The number of aromatic nitrogens is 4. The van der Waals surface area contributed by atoms with E-state index in [1.54, 1.807) is 12.5 Å². The largest absolute Gasteiger partial charge is 0.484 e. The van der Waals surface area contributed by atoms with Crippen molar-refractivity contribution in [1.29, 1.82) is 0 Å². The monoisotopic (exact) mass is 399 g/mol. The van der Waals surface area contributed by atoms with Crippen LogP contribution in [0.2, 0.25) is 0 Å². The van der Waals surface area contributed by atoms with Crippen LogP contribution < -0.4 is 4.74 Å². The van der Waals surface area contributed by atoms with Gasteiger partial charge in [0.05, 0.1) is 18.8 Å². The number of carbonyl (C=O) groups is 1. The molecule has 0 spiro atoms. The van der Waals surface area contributed by atoms with Crippen molar-refractivity contribution in [3.8, 4) is 11.4 Å². The topological polar surface area (TPSA) is 107 Å². The molecule has 0 fully saturated rings. The summed E-state index contributed by atoms with van der Waals surface area (Å²) in [5.74, 6) is 1.20. The Morgan fingerprint density at radius 3 is 2.79 bits per heavy atom. The summed E-state index contributed by atoms with van der Waals surface area (Å²) in [6, 6.07) is 7.56. The molecule has 3 rings (SSSR count). The summed E-state index contributed by atoms with van der Waals surface area (Å²) < 4.78 is 13.3. The molecule has 0 aliphatic heterocycles. The number of hydrogen-bond acceptors (Lipinski definition) is 7. The average Bonchev–Trinajstić information content (AvgIpc) is 3.44. The zero-order valence-corrected chi connectivity index (χ0v) is 16.3. The summed E-state index contributed by atoms with van der Waals surface area (Å²) >= 11 is 0. The molecule has 3 aromatic rings. The van der Waals surface area contributed by atoms with E-state index < -0.39 is 0 Å². The first-order valence-corrected chi connectivity index (χ1v) is 9.64. The van der Waals surface area contributed by atoms with Crippen LogP contribution in [0.5, 0.6) is 5.75 Å². The Bertz CT molecular complexity index is 863. The molecule has 0 unspecified atom stereocenters. The highest BCUT2D eigenvalue weighted by Crippen LogP contribution is 2.23. The van der Waals surface area contributed by atoms with Crippen molar-refractivity contribution in [2.24, 2.45) is 0 Å². The Labute approximate surface area is 168 Å². The van der Waals surface area contributed by atoms with Gasteiger partial charge >= 0.3 is 0 Å². The summed E-state index contributed by atoms with van der Waals surface area (Å²) in [5.41, 5.74) is 0.980. The van der Waals surface area contributed by atoms with Gasteiger partial charge < -0.3 is 13.7 Å². The number of carbonyl (C=O) groups excluding carboxylic acids is 1. The number of imidazole rings is 1. The van der Waals surface area contributed by atoms with Crippen LogP contribution in [0.3, 0.4) is 0 Å². The molecule has 154 valence electrons. The van der Waals surface area contributed by atoms with E-state index in [0.717, 1.165) is 31.4 Å². The van der Waals surface area contributed by atoms with Crippen LogP contribution in [0.15, 0.2) is 47.4 Å². The number of ether oxygens (including phenoxy) is 1. The predicted octanol–water partition coefficient (Wildman–Crippen LogP) is 3.35. The van der Waals surface area contributed by atoms with Crippen LogP contribution in [0.25, 0.3) is 5.69 Å². The van der Waals surface area contributed by atoms with Crippen molar-refractivity contribution >= 4 is 6.41 Å². The van der Waals surface area contributed by atoms with E-state index in [1.807, 2.05) is 35.0 Å². The van der Waals surface area contributed by atoms with E-state index in [2.05, 4.69) is 22.1 Å². The van der Waals surface area contributed by atoms with Crippen molar-refractivity contribution in [2.75, 3.05) is 6.54 Å². The van der Waals surface area contributed by atoms with Gasteiger partial charge in [0, 0.05) is 18.1 Å². The van der Waals surface area contributed by atoms with E-state index in [-0.39, 0.29) is 19.1 Å². The van der Waals surface area contributed by atoms with Gasteiger partial charge in [0.15, 0.2) is 6.61 Å². The Kier molecular flexibility index (Phi) is 7.34. The molecule has 2 aromatic heterocycles. The third kappa shape index (κ3) is 5.89. The smallest absolute Gasteiger partial charge is 0.253 e. The van der Waals surface area contributed by atoms with Gasteiger partial charge in [-0.2, -0.15) is 0 Å². The summed E-state index contributed by atoms with van der Waals surface area (Å²) in [6.07, 6.45) is 9.52. The highest BCUT2D eigenvalue weighted by molar-refractivity contribution is 5.44. The fourth-order valence-corrected chi connectivity index (χ4v) is 2.96. The van der Waals surface area contributed by atoms with Gasteiger partial charge in [-0.15, -0.1) is 10.2 Å². The lowest BCUT2D eigenvalue weighted by atomic mass is 10.0. The van der Waals surface area contributed by atoms with Crippen molar-refractivity contribution in [2.45, 2.75) is 45.1 Å². The first-order chi connectivity index (χ1) is 14.2. The lowest BCUT2D eigenvalue weighted by Gasteiger charge is -2.16. The minimum absolute atomic E-state index is 0.116. The van der Waals surface area contributed by atoms with Gasteiger partial charge in [0.2, 0.25) is 12.3 Å². The number of unbranched alkanes of at least 4 members (excludes halogenated alkanes) is 2. The number of hydrogen-bond donors (Lipinski definition) is 1. The lowest BCUT2D eigenvalue weighted by molar-refractivity contribution is -0.151. The Morgan fingerprint density at radius 1 is 1.28 bits per heavy atom. The Hall–Kier alpha value is -3.20. The van der Waals surface area contributed by atoms with Gasteiger partial charge in [-0.1, -0.05) is 26.2 Å². The number of rotatable bonds is 12. The summed E-state index contributed by atoms with van der Waals surface area (Å²) in [6.45, 7) is 2.36. The minimum atomic E-state index is -0.215. The number of hydroxylamine groups is 2. The molecule has 0 aliphatic carbocycles. The zero-order chi connectivity index (χ0) is 20.5.